The highest BCUT2D eigenvalue weighted by Gasteiger charge is 2.34. The predicted molar refractivity (Wildman–Crippen MR) is 143 cm³/mol. The minimum atomic E-state index is -0.413. The lowest BCUT2D eigenvalue weighted by atomic mass is 9.96. The number of fused-ring (bicyclic) bond motifs is 5. The highest BCUT2D eigenvalue weighted by Crippen LogP contribution is 2.38. The minimum Gasteiger partial charge on any atom is -0.450 e. The second-order valence-electron chi connectivity index (χ2n) is 9.85. The molecule has 4 rings (SSSR count). The summed E-state index contributed by atoms with van der Waals surface area (Å²) in [4.78, 5) is 29.9. The molecule has 3 atom stereocenters. The number of aliphatic hydroxyl groups excluding tert-OH is 1. The van der Waals surface area contributed by atoms with Gasteiger partial charge < -0.3 is 28.9 Å². The number of benzene rings is 2. The Labute approximate surface area is 218 Å². The zero-order valence-corrected chi connectivity index (χ0v) is 22.3. The Balaban J connectivity index is 1.87. The standard InChI is InChI=1S/C29H37N3O5/c1-6-36-29(35)30(4)16-25-19(2)15-32(20(3)17-33)28(34)27-26(22-12-8-7-11-21(22)18-37-25)23-13-9-10-14-24(23)31(27)5/h7-14,19-20,25,33H,6,15-18H2,1-5H3/t19-,20+,25+/m1/s1. The molecule has 2 aromatic carbocycles. The van der Waals surface area contributed by atoms with Crippen molar-refractivity contribution in [3.05, 3.63) is 59.8 Å². The summed E-state index contributed by atoms with van der Waals surface area (Å²) < 4.78 is 13.6. The molecule has 37 heavy (non-hydrogen) atoms. The summed E-state index contributed by atoms with van der Waals surface area (Å²) in [5, 5.41) is 11.1. The normalized spacial score (nSPS) is 19.1. The average Bonchev–Trinajstić information content (AvgIpc) is 3.20. The van der Waals surface area contributed by atoms with E-state index in [1.807, 2.05) is 74.0 Å². The first-order chi connectivity index (χ1) is 17.8. The van der Waals surface area contributed by atoms with E-state index in [1.54, 1.807) is 18.9 Å². The van der Waals surface area contributed by atoms with Crippen molar-refractivity contribution in [2.75, 3.05) is 33.4 Å². The molecule has 1 N–H and O–H groups in total. The molecule has 0 saturated carbocycles. The molecule has 1 aliphatic heterocycles. The van der Waals surface area contributed by atoms with Crippen molar-refractivity contribution < 1.29 is 24.2 Å². The molecule has 0 bridgehead atoms. The first-order valence-electron chi connectivity index (χ1n) is 12.8. The van der Waals surface area contributed by atoms with Crippen molar-refractivity contribution in [1.82, 2.24) is 14.4 Å². The van der Waals surface area contributed by atoms with E-state index >= 15 is 0 Å². The van der Waals surface area contributed by atoms with E-state index in [2.05, 4.69) is 0 Å². The van der Waals surface area contributed by atoms with Crippen LogP contribution in [0, 0.1) is 5.92 Å². The Hall–Kier alpha value is -3.36. The Morgan fingerprint density at radius 3 is 2.65 bits per heavy atom. The fraction of sp³-hybridized carbons (Fsp3) is 0.448. The van der Waals surface area contributed by atoms with Crippen LogP contribution >= 0.6 is 0 Å². The van der Waals surface area contributed by atoms with Crippen LogP contribution < -0.4 is 0 Å². The molecule has 3 aromatic rings. The summed E-state index contributed by atoms with van der Waals surface area (Å²) in [5.74, 6) is -0.269. The number of ether oxygens (including phenoxy) is 2. The van der Waals surface area contributed by atoms with Gasteiger partial charge in [-0.2, -0.15) is 0 Å². The molecule has 8 heteroatoms. The van der Waals surface area contributed by atoms with Crippen LogP contribution in [0.1, 0.15) is 36.8 Å². The maximum absolute atomic E-state index is 14.3. The summed E-state index contributed by atoms with van der Waals surface area (Å²) in [6, 6.07) is 15.6. The van der Waals surface area contributed by atoms with Gasteiger partial charge in [0.25, 0.3) is 5.91 Å². The molecular formula is C29H37N3O5. The number of hydrogen-bond donors (Lipinski definition) is 1. The monoisotopic (exact) mass is 507 g/mol. The Morgan fingerprint density at radius 1 is 1.22 bits per heavy atom. The molecule has 2 heterocycles. The van der Waals surface area contributed by atoms with Crippen LogP contribution in [0.2, 0.25) is 0 Å². The zero-order chi connectivity index (χ0) is 26.7. The molecule has 0 fully saturated rings. The van der Waals surface area contributed by atoms with Gasteiger partial charge in [-0.25, -0.2) is 4.79 Å². The van der Waals surface area contributed by atoms with Gasteiger partial charge in [-0.1, -0.05) is 49.4 Å². The van der Waals surface area contributed by atoms with Gasteiger partial charge in [-0.05, 0) is 31.0 Å². The fourth-order valence-electron chi connectivity index (χ4n) is 5.10. The molecule has 0 unspecified atom stereocenters. The highest BCUT2D eigenvalue weighted by molar-refractivity contribution is 6.10. The second kappa shape index (κ2) is 11.4. The first-order valence-corrected chi connectivity index (χ1v) is 12.8. The topological polar surface area (TPSA) is 84.2 Å². The highest BCUT2D eigenvalue weighted by atomic mass is 16.6. The molecule has 8 nitrogen and oxygen atoms in total. The van der Waals surface area contributed by atoms with Gasteiger partial charge in [-0.3, -0.25) is 4.79 Å². The number of aromatic nitrogens is 1. The second-order valence-corrected chi connectivity index (χ2v) is 9.85. The van der Waals surface area contributed by atoms with Crippen molar-refractivity contribution >= 4 is 22.9 Å². The zero-order valence-electron chi connectivity index (χ0n) is 22.3. The minimum absolute atomic E-state index is 0.127. The average molecular weight is 508 g/mol. The van der Waals surface area contributed by atoms with Crippen LogP contribution in [0.4, 0.5) is 4.79 Å². The maximum atomic E-state index is 14.3. The van der Waals surface area contributed by atoms with Gasteiger partial charge >= 0.3 is 6.09 Å². The van der Waals surface area contributed by atoms with Gasteiger partial charge in [0, 0.05) is 43.0 Å². The summed E-state index contributed by atoms with van der Waals surface area (Å²) in [6.45, 7) is 6.76. The SMILES string of the molecule is CCOC(=O)N(C)C[C@@H]1OCc2ccccc2-c2c(n(C)c3ccccc23)C(=O)N([C@@H](C)CO)C[C@H]1C. The molecule has 198 valence electrons. The molecule has 0 radical (unpaired) electrons. The number of likely N-dealkylation sites (N-methyl/N-ethyl adjacent to an activating group) is 1. The molecule has 0 spiro atoms. The fourth-order valence-corrected chi connectivity index (χ4v) is 5.10. The van der Waals surface area contributed by atoms with Crippen molar-refractivity contribution in [1.29, 1.82) is 0 Å². The predicted octanol–water partition coefficient (Wildman–Crippen LogP) is 4.29. The van der Waals surface area contributed by atoms with E-state index in [9.17, 15) is 14.7 Å². The van der Waals surface area contributed by atoms with Crippen molar-refractivity contribution in [2.45, 2.75) is 39.5 Å². The summed E-state index contributed by atoms with van der Waals surface area (Å²) >= 11 is 0. The van der Waals surface area contributed by atoms with Crippen LogP contribution in [0.3, 0.4) is 0 Å². The van der Waals surface area contributed by atoms with Crippen molar-refractivity contribution in [2.24, 2.45) is 13.0 Å². The number of carbonyl (C=O) groups is 2. The lowest BCUT2D eigenvalue weighted by Crippen LogP contribution is -2.48. The summed E-state index contributed by atoms with van der Waals surface area (Å²) in [6.07, 6.45) is -0.773. The quantitative estimate of drug-likeness (QED) is 0.557. The van der Waals surface area contributed by atoms with E-state index < -0.39 is 12.1 Å². The van der Waals surface area contributed by atoms with E-state index in [4.69, 9.17) is 9.47 Å². The van der Waals surface area contributed by atoms with Crippen LogP contribution in [0.25, 0.3) is 22.0 Å². The van der Waals surface area contributed by atoms with Crippen LogP contribution in [-0.2, 0) is 23.1 Å². The third-order valence-corrected chi connectivity index (χ3v) is 7.26. The number of aryl methyl sites for hydroxylation is 1. The van der Waals surface area contributed by atoms with Gasteiger partial charge in [0.1, 0.15) is 5.69 Å². The van der Waals surface area contributed by atoms with E-state index in [-0.39, 0.29) is 24.5 Å². The molecule has 2 amide bonds. The first kappa shape index (κ1) is 26.7. The number of carbonyl (C=O) groups excluding carboxylic acids is 2. The largest absolute Gasteiger partial charge is 0.450 e. The number of rotatable bonds is 5. The van der Waals surface area contributed by atoms with Gasteiger partial charge in [0.15, 0.2) is 0 Å². The smallest absolute Gasteiger partial charge is 0.409 e. The lowest BCUT2D eigenvalue weighted by molar-refractivity contribution is -0.0228. The van der Waals surface area contributed by atoms with E-state index in [0.717, 1.165) is 27.6 Å². The maximum Gasteiger partial charge on any atom is 0.409 e. The molecule has 0 aliphatic carbocycles. The molecular weight excluding hydrogens is 470 g/mol. The Bertz CT molecular complexity index is 1270. The van der Waals surface area contributed by atoms with Gasteiger partial charge in [-0.15, -0.1) is 0 Å². The molecule has 1 aliphatic rings. The third-order valence-electron chi connectivity index (χ3n) is 7.26. The number of amides is 2. The number of nitrogens with zero attached hydrogens (tertiary/aromatic N) is 3. The van der Waals surface area contributed by atoms with E-state index in [0.29, 0.717) is 32.0 Å². The van der Waals surface area contributed by atoms with Crippen LogP contribution in [0.15, 0.2) is 48.5 Å². The molecule has 1 aromatic heterocycles. The number of para-hydroxylation sites is 1. The van der Waals surface area contributed by atoms with Crippen LogP contribution in [0.5, 0.6) is 0 Å². The van der Waals surface area contributed by atoms with Crippen LogP contribution in [-0.4, -0.2) is 77.0 Å². The Morgan fingerprint density at radius 2 is 1.92 bits per heavy atom. The molecule has 0 saturated heterocycles. The van der Waals surface area contributed by atoms with Gasteiger partial charge in [0.2, 0.25) is 0 Å². The van der Waals surface area contributed by atoms with Crippen molar-refractivity contribution in [3.63, 3.8) is 0 Å². The number of aliphatic hydroxyl groups is 1. The van der Waals surface area contributed by atoms with Gasteiger partial charge in [0.05, 0.1) is 38.5 Å². The van der Waals surface area contributed by atoms with Crippen molar-refractivity contribution in [3.8, 4) is 11.1 Å². The third kappa shape index (κ3) is 5.22. The Kier molecular flexibility index (Phi) is 8.19. The number of hydrogen-bond acceptors (Lipinski definition) is 5. The van der Waals surface area contributed by atoms with E-state index in [1.165, 1.54) is 4.90 Å². The lowest BCUT2D eigenvalue weighted by Gasteiger charge is -2.34. The summed E-state index contributed by atoms with van der Waals surface area (Å²) in [7, 11) is 3.61. The summed E-state index contributed by atoms with van der Waals surface area (Å²) in [5.41, 5.74) is 4.32.